The van der Waals surface area contributed by atoms with E-state index >= 15 is 0 Å². The zero-order valence-corrected chi connectivity index (χ0v) is 20.3. The molecule has 1 aromatic heterocycles. The Morgan fingerprint density at radius 1 is 0.944 bits per heavy atom. The van der Waals surface area contributed by atoms with Crippen molar-refractivity contribution in [1.29, 1.82) is 0 Å². The molecule has 0 radical (unpaired) electrons. The van der Waals surface area contributed by atoms with E-state index in [2.05, 4.69) is 5.32 Å². The number of hydrogen-bond acceptors (Lipinski definition) is 6. The molecule has 2 heterocycles. The summed E-state index contributed by atoms with van der Waals surface area (Å²) in [7, 11) is 0. The predicted octanol–water partition coefficient (Wildman–Crippen LogP) is 5.64. The molecule has 3 aromatic rings. The van der Waals surface area contributed by atoms with Crippen LogP contribution in [0.3, 0.4) is 0 Å². The molecule has 2 aliphatic rings. The lowest BCUT2D eigenvalue weighted by Crippen LogP contribution is -2.47. The summed E-state index contributed by atoms with van der Waals surface area (Å²) in [6.07, 6.45) is -3.21. The summed E-state index contributed by atoms with van der Waals surface area (Å²) in [5.41, 5.74) is 3.18. The first-order valence-corrected chi connectivity index (χ1v) is 12.1. The van der Waals surface area contributed by atoms with E-state index in [1.165, 1.54) is 12.1 Å². The van der Waals surface area contributed by atoms with Gasteiger partial charge < -0.3 is 15.1 Å². The summed E-state index contributed by atoms with van der Waals surface area (Å²) >= 11 is 0. The number of anilines is 4. The van der Waals surface area contributed by atoms with Gasteiger partial charge in [0.15, 0.2) is 5.78 Å². The van der Waals surface area contributed by atoms with Gasteiger partial charge in [-0.3, -0.25) is 4.79 Å². The standard InChI is InChI=1S/C27H28F3N5O/c1-17-6-8-20(9-7-17)31-25-24-22(14-18(2)15-23(24)36)32-26(33-25)35-12-10-34(11-13-35)21-5-3-4-19(16-21)27(28,29)30/h3-9,16,18H,10-15H2,1-2H3,(H,31,32,33). The largest absolute Gasteiger partial charge is 0.416 e. The lowest BCUT2D eigenvalue weighted by Gasteiger charge is -2.37. The predicted molar refractivity (Wildman–Crippen MR) is 134 cm³/mol. The maximum absolute atomic E-state index is 13.2. The van der Waals surface area contributed by atoms with Crippen molar-refractivity contribution in [3.8, 4) is 0 Å². The maximum Gasteiger partial charge on any atom is 0.416 e. The summed E-state index contributed by atoms with van der Waals surface area (Å²) in [6, 6.07) is 13.3. The van der Waals surface area contributed by atoms with Crippen LogP contribution in [0.2, 0.25) is 0 Å². The van der Waals surface area contributed by atoms with Gasteiger partial charge >= 0.3 is 6.18 Å². The molecule has 2 aromatic carbocycles. The van der Waals surface area contributed by atoms with E-state index in [1.54, 1.807) is 6.07 Å². The van der Waals surface area contributed by atoms with Gasteiger partial charge in [-0.1, -0.05) is 30.7 Å². The van der Waals surface area contributed by atoms with Crippen molar-refractivity contribution in [3.63, 3.8) is 0 Å². The Bertz CT molecular complexity index is 1270. The van der Waals surface area contributed by atoms with Crippen molar-refractivity contribution in [3.05, 3.63) is 70.9 Å². The second kappa shape index (κ2) is 9.44. The number of ketones is 1. The number of fused-ring (bicyclic) bond motifs is 1. The van der Waals surface area contributed by atoms with Gasteiger partial charge in [0, 0.05) is 44.0 Å². The second-order valence-corrected chi connectivity index (χ2v) is 9.64. The molecule has 9 heteroatoms. The number of piperazine rings is 1. The molecule has 1 atom stereocenters. The number of aromatic nitrogens is 2. The molecule has 0 saturated carbocycles. The highest BCUT2D eigenvalue weighted by atomic mass is 19.4. The second-order valence-electron chi connectivity index (χ2n) is 9.64. The van der Waals surface area contributed by atoms with Gasteiger partial charge in [0.25, 0.3) is 0 Å². The minimum atomic E-state index is -4.37. The summed E-state index contributed by atoms with van der Waals surface area (Å²) in [6.45, 7) is 6.25. The van der Waals surface area contributed by atoms with Crippen molar-refractivity contribution in [2.24, 2.45) is 5.92 Å². The average Bonchev–Trinajstić information content (AvgIpc) is 2.84. The number of carbonyl (C=O) groups excluding carboxylic acids is 1. The molecule has 0 bridgehead atoms. The van der Waals surface area contributed by atoms with Crippen LogP contribution in [0, 0.1) is 12.8 Å². The summed E-state index contributed by atoms with van der Waals surface area (Å²) in [4.78, 5) is 26.5. The van der Waals surface area contributed by atoms with Gasteiger partial charge in [-0.05, 0) is 49.6 Å². The van der Waals surface area contributed by atoms with Crippen LogP contribution < -0.4 is 15.1 Å². The van der Waals surface area contributed by atoms with Crippen LogP contribution >= 0.6 is 0 Å². The Hall–Kier alpha value is -3.62. The van der Waals surface area contributed by atoms with Gasteiger partial charge in [-0.25, -0.2) is 4.98 Å². The number of alkyl halides is 3. The fourth-order valence-corrected chi connectivity index (χ4v) is 4.80. The quantitative estimate of drug-likeness (QED) is 0.506. The zero-order chi connectivity index (χ0) is 25.4. The summed E-state index contributed by atoms with van der Waals surface area (Å²) in [5, 5.41) is 3.32. The lowest BCUT2D eigenvalue weighted by atomic mass is 9.87. The van der Waals surface area contributed by atoms with E-state index < -0.39 is 11.7 Å². The first kappa shape index (κ1) is 24.1. The third-order valence-corrected chi connectivity index (χ3v) is 6.74. The van der Waals surface area contributed by atoms with E-state index in [9.17, 15) is 18.0 Å². The molecular formula is C27H28F3N5O. The molecule has 5 rings (SSSR count). The molecule has 1 aliphatic carbocycles. The Kier molecular flexibility index (Phi) is 6.32. The van der Waals surface area contributed by atoms with E-state index in [0.29, 0.717) is 62.0 Å². The minimum Gasteiger partial charge on any atom is -0.368 e. The summed E-state index contributed by atoms with van der Waals surface area (Å²) < 4.78 is 39.5. The highest BCUT2D eigenvalue weighted by Gasteiger charge is 2.32. The number of Topliss-reactive ketones (excluding diaryl/α,β-unsaturated/α-hetero) is 1. The number of benzene rings is 2. The van der Waals surface area contributed by atoms with Crippen molar-refractivity contribution in [2.75, 3.05) is 41.3 Å². The third kappa shape index (κ3) is 5.01. The highest BCUT2D eigenvalue weighted by Crippen LogP contribution is 2.34. The van der Waals surface area contributed by atoms with Gasteiger partial charge in [0.1, 0.15) is 5.82 Å². The van der Waals surface area contributed by atoms with Crippen LogP contribution in [0.1, 0.15) is 40.5 Å². The number of halogens is 3. The molecular weight excluding hydrogens is 467 g/mol. The van der Waals surface area contributed by atoms with Crippen molar-refractivity contribution in [1.82, 2.24) is 9.97 Å². The molecule has 0 amide bonds. The smallest absolute Gasteiger partial charge is 0.368 e. The van der Waals surface area contributed by atoms with Gasteiger partial charge in [0.2, 0.25) is 5.95 Å². The molecule has 1 aliphatic heterocycles. The van der Waals surface area contributed by atoms with Gasteiger partial charge in [0.05, 0.1) is 16.8 Å². The Morgan fingerprint density at radius 2 is 1.64 bits per heavy atom. The zero-order valence-electron chi connectivity index (χ0n) is 20.3. The molecule has 1 unspecified atom stereocenters. The van der Waals surface area contributed by atoms with Crippen LogP contribution in [0.4, 0.5) is 36.3 Å². The molecule has 6 nitrogen and oxygen atoms in total. The first-order valence-electron chi connectivity index (χ1n) is 12.1. The summed E-state index contributed by atoms with van der Waals surface area (Å²) in [5.74, 6) is 1.29. The molecule has 0 spiro atoms. The van der Waals surface area contributed by atoms with E-state index in [4.69, 9.17) is 9.97 Å². The number of aryl methyl sites for hydroxylation is 1. The third-order valence-electron chi connectivity index (χ3n) is 6.74. The highest BCUT2D eigenvalue weighted by molar-refractivity contribution is 6.03. The fraction of sp³-hybridized carbons (Fsp3) is 0.370. The average molecular weight is 496 g/mol. The van der Waals surface area contributed by atoms with Crippen LogP contribution in [-0.4, -0.2) is 41.9 Å². The lowest BCUT2D eigenvalue weighted by molar-refractivity contribution is -0.137. The molecule has 1 fully saturated rings. The molecule has 188 valence electrons. The number of hydrogen-bond donors (Lipinski definition) is 1. The monoisotopic (exact) mass is 495 g/mol. The van der Waals surface area contributed by atoms with E-state index in [1.807, 2.05) is 47.9 Å². The number of nitrogens with one attached hydrogen (secondary N) is 1. The molecule has 36 heavy (non-hydrogen) atoms. The minimum absolute atomic E-state index is 0.0410. The van der Waals surface area contributed by atoms with Gasteiger partial charge in [-0.2, -0.15) is 18.2 Å². The van der Waals surface area contributed by atoms with E-state index in [-0.39, 0.29) is 11.7 Å². The van der Waals surface area contributed by atoms with Crippen molar-refractivity contribution < 1.29 is 18.0 Å². The SMILES string of the molecule is Cc1ccc(Nc2nc(N3CCN(c4cccc(C(F)(F)F)c4)CC3)nc3c2C(=O)CC(C)C3)cc1. The molecule has 1 N–H and O–H groups in total. The number of rotatable bonds is 4. The Labute approximate surface area is 208 Å². The topological polar surface area (TPSA) is 61.4 Å². The number of carbonyl (C=O) groups is 1. The van der Waals surface area contributed by atoms with Crippen LogP contribution in [0.15, 0.2) is 48.5 Å². The van der Waals surface area contributed by atoms with Crippen molar-refractivity contribution >= 4 is 28.9 Å². The normalized spacial score (nSPS) is 18.2. The fourth-order valence-electron chi connectivity index (χ4n) is 4.80. The van der Waals surface area contributed by atoms with E-state index in [0.717, 1.165) is 23.0 Å². The van der Waals surface area contributed by atoms with Crippen LogP contribution in [0.5, 0.6) is 0 Å². The first-order chi connectivity index (χ1) is 17.2. The molecule has 1 saturated heterocycles. The Morgan fingerprint density at radius 3 is 2.33 bits per heavy atom. The Balaban J connectivity index is 1.39. The van der Waals surface area contributed by atoms with Crippen LogP contribution in [0.25, 0.3) is 0 Å². The maximum atomic E-state index is 13.2. The number of nitrogens with zero attached hydrogens (tertiary/aromatic N) is 4. The van der Waals surface area contributed by atoms with Crippen LogP contribution in [-0.2, 0) is 12.6 Å². The van der Waals surface area contributed by atoms with Gasteiger partial charge in [-0.15, -0.1) is 0 Å². The van der Waals surface area contributed by atoms with Crippen molar-refractivity contribution in [2.45, 2.75) is 32.9 Å².